The molecular formula is C19H21ClFN5O2. The van der Waals surface area contributed by atoms with Crippen LogP contribution in [0.25, 0.3) is 0 Å². The number of likely N-dealkylation sites (tertiary alicyclic amines) is 2. The molecule has 0 unspecified atom stereocenters. The van der Waals surface area contributed by atoms with Gasteiger partial charge in [0.25, 0.3) is 0 Å². The average molecular weight is 406 g/mol. The number of halogens is 2. The second-order valence-corrected chi connectivity index (χ2v) is 8.35. The molecule has 1 spiro atoms. The number of ether oxygens (including phenoxy) is 1. The smallest absolute Gasteiger partial charge is 0.324 e. The van der Waals surface area contributed by atoms with Gasteiger partial charge in [0.2, 0.25) is 5.95 Å². The Labute approximate surface area is 167 Å². The van der Waals surface area contributed by atoms with E-state index < -0.39 is 0 Å². The highest BCUT2D eigenvalue weighted by Gasteiger charge is 2.55. The van der Waals surface area contributed by atoms with Crippen LogP contribution in [0.5, 0.6) is 5.75 Å². The van der Waals surface area contributed by atoms with E-state index in [1.807, 2.05) is 15.9 Å². The Hall–Kier alpha value is -2.48. The lowest BCUT2D eigenvalue weighted by atomic mass is 9.73. The van der Waals surface area contributed by atoms with Gasteiger partial charge in [-0.05, 0) is 12.1 Å². The molecule has 0 N–H and O–H groups in total. The van der Waals surface area contributed by atoms with Crippen LogP contribution in [0.2, 0.25) is 5.02 Å². The lowest BCUT2D eigenvalue weighted by molar-refractivity contribution is -0.0804. The molecule has 4 aliphatic rings. The Morgan fingerprint density at radius 2 is 2.07 bits per heavy atom. The van der Waals surface area contributed by atoms with Crippen LogP contribution in [-0.2, 0) is 0 Å². The summed E-state index contributed by atoms with van der Waals surface area (Å²) in [6.07, 6.45) is 1.72. The molecule has 148 valence electrons. The molecule has 0 atom stereocenters. The number of amides is 2. The van der Waals surface area contributed by atoms with Crippen LogP contribution >= 0.6 is 11.6 Å². The van der Waals surface area contributed by atoms with Crippen LogP contribution in [0.4, 0.5) is 14.9 Å². The number of fused-ring (bicyclic) bond motifs is 1. The van der Waals surface area contributed by atoms with Crippen molar-refractivity contribution in [3.8, 4) is 5.75 Å². The third-order valence-corrected chi connectivity index (χ3v) is 6.01. The molecule has 2 saturated heterocycles. The monoisotopic (exact) mass is 405 g/mol. The number of hydrogen-bond acceptors (Lipinski definition) is 5. The maximum absolute atomic E-state index is 14.3. The number of aliphatic imine (C=N–C) groups is 1. The van der Waals surface area contributed by atoms with Gasteiger partial charge in [0.05, 0.1) is 18.8 Å². The summed E-state index contributed by atoms with van der Waals surface area (Å²) < 4.78 is 19.9. The van der Waals surface area contributed by atoms with E-state index in [9.17, 15) is 9.18 Å². The van der Waals surface area contributed by atoms with Crippen molar-refractivity contribution < 1.29 is 13.9 Å². The molecule has 9 heteroatoms. The van der Waals surface area contributed by atoms with Crippen LogP contribution in [0, 0.1) is 5.41 Å². The minimum absolute atomic E-state index is 0.0169. The van der Waals surface area contributed by atoms with Crippen LogP contribution in [0.15, 0.2) is 35.0 Å². The van der Waals surface area contributed by atoms with Crippen LogP contribution < -0.4 is 9.64 Å². The van der Waals surface area contributed by atoms with Gasteiger partial charge in [0.15, 0.2) is 5.82 Å². The summed E-state index contributed by atoms with van der Waals surface area (Å²) in [4.78, 5) is 24.3. The highest BCUT2D eigenvalue weighted by molar-refractivity contribution is 6.30. The topological polar surface area (TPSA) is 51.6 Å². The summed E-state index contributed by atoms with van der Waals surface area (Å²) in [5.74, 6) is 0.759. The maximum atomic E-state index is 14.3. The largest absolute Gasteiger partial charge is 0.489 e. The first-order chi connectivity index (χ1) is 13.5. The summed E-state index contributed by atoms with van der Waals surface area (Å²) in [6, 6.07) is 5.31. The number of hydrogen-bond donors (Lipinski definition) is 0. The quantitative estimate of drug-likeness (QED) is 0.673. The van der Waals surface area contributed by atoms with Gasteiger partial charge >= 0.3 is 6.03 Å². The Bertz CT molecular complexity index is 890. The van der Waals surface area contributed by atoms with E-state index in [4.69, 9.17) is 16.3 Å². The van der Waals surface area contributed by atoms with E-state index in [0.717, 1.165) is 18.8 Å². The van der Waals surface area contributed by atoms with Gasteiger partial charge in [0.1, 0.15) is 12.4 Å². The second kappa shape index (κ2) is 6.27. The number of nitrogens with zero attached hydrogens (tertiary/aromatic N) is 5. The van der Waals surface area contributed by atoms with Crippen molar-refractivity contribution in [1.29, 1.82) is 0 Å². The Balaban J connectivity index is 1.23. The van der Waals surface area contributed by atoms with Crippen LogP contribution in [-0.4, -0.2) is 79.9 Å². The van der Waals surface area contributed by atoms with Crippen molar-refractivity contribution in [2.75, 3.05) is 57.8 Å². The van der Waals surface area contributed by atoms with E-state index in [1.54, 1.807) is 35.2 Å². The van der Waals surface area contributed by atoms with Crippen molar-refractivity contribution in [3.63, 3.8) is 0 Å². The third-order valence-electron chi connectivity index (χ3n) is 5.78. The molecule has 0 radical (unpaired) electrons. The zero-order valence-electron chi connectivity index (χ0n) is 15.6. The van der Waals surface area contributed by atoms with Crippen molar-refractivity contribution in [3.05, 3.63) is 35.0 Å². The number of rotatable bonds is 1. The molecular weight excluding hydrogens is 385 g/mol. The van der Waals surface area contributed by atoms with E-state index in [-0.39, 0.29) is 17.4 Å². The average Bonchev–Trinajstić information content (AvgIpc) is 2.61. The Morgan fingerprint density at radius 3 is 2.86 bits per heavy atom. The fourth-order valence-electron chi connectivity index (χ4n) is 4.34. The standard InChI is InChI=1S/C19H21ClFN5O2/c1-23-5-4-22-17(16(23)21)24-9-19(10-24)11-25(12-19)18(27)26-6-7-28-15-8-13(20)2-3-14(15)26/h2-4,8H,5-7,9-12H2,1H3. The molecule has 2 amide bonds. The zero-order valence-corrected chi connectivity index (χ0v) is 16.3. The van der Waals surface area contributed by atoms with Crippen LogP contribution in [0.1, 0.15) is 0 Å². The van der Waals surface area contributed by atoms with Gasteiger partial charge in [0, 0.05) is 55.9 Å². The molecule has 4 heterocycles. The first-order valence-electron chi connectivity index (χ1n) is 9.33. The summed E-state index contributed by atoms with van der Waals surface area (Å²) in [6.45, 7) is 4.25. The number of carbonyl (C=O) groups is 1. The van der Waals surface area contributed by atoms with Crippen LogP contribution in [0.3, 0.4) is 0 Å². The van der Waals surface area contributed by atoms with Crippen molar-refractivity contribution in [2.24, 2.45) is 10.4 Å². The summed E-state index contributed by atoms with van der Waals surface area (Å²) in [5, 5.41) is 0.586. The lowest BCUT2D eigenvalue weighted by Crippen LogP contribution is -2.73. The van der Waals surface area contributed by atoms with E-state index in [2.05, 4.69) is 4.99 Å². The van der Waals surface area contributed by atoms with Gasteiger partial charge in [-0.25, -0.2) is 9.79 Å². The minimum Gasteiger partial charge on any atom is -0.489 e. The summed E-state index contributed by atoms with van der Waals surface area (Å²) in [5.41, 5.74) is 0.799. The number of anilines is 1. The molecule has 0 aliphatic carbocycles. The first kappa shape index (κ1) is 17.6. The van der Waals surface area contributed by atoms with Gasteiger partial charge < -0.3 is 19.4 Å². The number of benzene rings is 1. The Kier molecular flexibility index (Phi) is 3.94. The molecule has 5 rings (SSSR count). The normalized spacial score (nSPS) is 22.7. The maximum Gasteiger partial charge on any atom is 0.324 e. The van der Waals surface area contributed by atoms with Gasteiger partial charge in [-0.1, -0.05) is 11.6 Å². The van der Waals surface area contributed by atoms with Crippen molar-refractivity contribution >= 4 is 29.5 Å². The molecule has 2 fully saturated rings. The number of carbonyl (C=O) groups excluding carboxylic acids is 1. The minimum atomic E-state index is -0.284. The second-order valence-electron chi connectivity index (χ2n) is 7.91. The fraction of sp³-hybridized carbons (Fsp3) is 0.474. The van der Waals surface area contributed by atoms with Gasteiger partial charge in [-0.15, -0.1) is 0 Å². The molecule has 4 aliphatic heterocycles. The summed E-state index contributed by atoms with van der Waals surface area (Å²) in [7, 11) is 1.72. The molecule has 1 aromatic rings. The Morgan fingerprint density at radius 1 is 1.29 bits per heavy atom. The number of urea groups is 1. The summed E-state index contributed by atoms with van der Waals surface area (Å²) >= 11 is 6.02. The fourth-order valence-corrected chi connectivity index (χ4v) is 4.50. The molecule has 0 bridgehead atoms. The predicted molar refractivity (Wildman–Crippen MR) is 105 cm³/mol. The molecule has 7 nitrogen and oxygen atoms in total. The highest BCUT2D eigenvalue weighted by Crippen LogP contribution is 2.44. The van der Waals surface area contributed by atoms with E-state index in [0.29, 0.717) is 49.4 Å². The SMILES string of the molecule is CN1CC=NC(N2CC3(CN(C(=O)N4CCOc5cc(Cl)ccc54)C3)C2)=C1F. The van der Waals surface area contributed by atoms with Crippen molar-refractivity contribution in [2.45, 2.75) is 0 Å². The molecule has 28 heavy (non-hydrogen) atoms. The predicted octanol–water partition coefficient (Wildman–Crippen LogP) is 2.39. The first-order valence-corrected chi connectivity index (χ1v) is 9.71. The zero-order chi connectivity index (χ0) is 19.5. The molecule has 0 aromatic heterocycles. The van der Waals surface area contributed by atoms with Crippen molar-refractivity contribution in [1.82, 2.24) is 14.7 Å². The van der Waals surface area contributed by atoms with Gasteiger partial charge in [-0.3, -0.25) is 4.90 Å². The third kappa shape index (κ3) is 2.70. The molecule has 1 aromatic carbocycles. The highest BCUT2D eigenvalue weighted by atomic mass is 35.5. The van der Waals surface area contributed by atoms with E-state index in [1.165, 1.54) is 0 Å². The lowest BCUT2D eigenvalue weighted by Gasteiger charge is -2.61. The van der Waals surface area contributed by atoms with E-state index >= 15 is 0 Å². The molecule has 0 saturated carbocycles. The van der Waals surface area contributed by atoms with Gasteiger partial charge in [-0.2, -0.15) is 4.39 Å².